The Kier molecular flexibility index (Phi) is 5.32. The van der Waals surface area contributed by atoms with E-state index in [4.69, 9.17) is 14.6 Å². The van der Waals surface area contributed by atoms with E-state index in [9.17, 15) is 18.4 Å². The molecule has 9 heteroatoms. The molecule has 0 aromatic heterocycles. The van der Waals surface area contributed by atoms with Crippen molar-refractivity contribution in [2.75, 3.05) is 26.9 Å². The van der Waals surface area contributed by atoms with E-state index in [0.29, 0.717) is 0 Å². The van der Waals surface area contributed by atoms with Crippen molar-refractivity contribution in [1.82, 2.24) is 4.90 Å². The van der Waals surface area contributed by atoms with Gasteiger partial charge < -0.3 is 24.2 Å². The third-order valence-corrected chi connectivity index (χ3v) is 3.30. The topological polar surface area (TPSA) is 85.3 Å². The number of carboxylic acid groups (broad SMARTS) is 1. The van der Waals surface area contributed by atoms with Crippen LogP contribution in [0.15, 0.2) is 18.2 Å². The molecule has 23 heavy (non-hydrogen) atoms. The number of halogens is 2. The summed E-state index contributed by atoms with van der Waals surface area (Å²) < 4.78 is 38.9. The van der Waals surface area contributed by atoms with Crippen LogP contribution >= 0.6 is 0 Å². The van der Waals surface area contributed by atoms with Gasteiger partial charge in [-0.1, -0.05) is 0 Å². The number of benzene rings is 1. The van der Waals surface area contributed by atoms with Crippen LogP contribution < -0.4 is 9.47 Å². The monoisotopic (exact) mass is 331 g/mol. The molecule has 1 N–H and O–H groups in total. The SMILES string of the molecule is COc1cc(C(=O)N2CCOCC2C(=O)O)ccc1OC(F)F. The number of amides is 1. The fraction of sp³-hybridized carbons (Fsp3) is 0.429. The van der Waals surface area contributed by atoms with E-state index >= 15 is 0 Å². The lowest BCUT2D eigenvalue weighted by Crippen LogP contribution is -2.52. The molecule has 1 aromatic carbocycles. The van der Waals surface area contributed by atoms with Crippen molar-refractivity contribution in [1.29, 1.82) is 0 Å². The third kappa shape index (κ3) is 3.86. The van der Waals surface area contributed by atoms with Gasteiger partial charge in [-0.15, -0.1) is 0 Å². The van der Waals surface area contributed by atoms with Gasteiger partial charge in [0.1, 0.15) is 0 Å². The molecular weight excluding hydrogens is 316 g/mol. The molecule has 0 aliphatic carbocycles. The van der Waals surface area contributed by atoms with Crippen LogP contribution in [0.4, 0.5) is 8.78 Å². The normalized spacial score (nSPS) is 17.9. The molecule has 0 bridgehead atoms. The number of aliphatic carboxylic acids is 1. The largest absolute Gasteiger partial charge is 0.493 e. The van der Waals surface area contributed by atoms with E-state index in [-0.39, 0.29) is 36.8 Å². The first kappa shape index (κ1) is 16.9. The van der Waals surface area contributed by atoms with Gasteiger partial charge in [0.25, 0.3) is 5.91 Å². The van der Waals surface area contributed by atoms with Gasteiger partial charge in [0.15, 0.2) is 17.5 Å². The van der Waals surface area contributed by atoms with Crippen molar-refractivity contribution < 1.29 is 37.7 Å². The summed E-state index contributed by atoms with van der Waals surface area (Å²) >= 11 is 0. The average molecular weight is 331 g/mol. The first-order chi connectivity index (χ1) is 10.9. The number of nitrogens with zero attached hydrogens (tertiary/aromatic N) is 1. The number of carbonyl (C=O) groups excluding carboxylic acids is 1. The van der Waals surface area contributed by atoms with Crippen LogP contribution in [0.25, 0.3) is 0 Å². The second-order valence-electron chi connectivity index (χ2n) is 4.67. The van der Waals surface area contributed by atoms with Crippen LogP contribution in [0.3, 0.4) is 0 Å². The minimum atomic E-state index is -3.03. The molecule has 1 aromatic rings. The molecule has 126 valence electrons. The molecule has 1 aliphatic rings. The number of morpholine rings is 1. The van der Waals surface area contributed by atoms with Crippen LogP contribution in [-0.4, -0.2) is 61.4 Å². The fourth-order valence-electron chi connectivity index (χ4n) is 2.21. The van der Waals surface area contributed by atoms with E-state index in [2.05, 4.69) is 4.74 Å². The number of alkyl halides is 2. The molecular formula is C14H15F2NO6. The average Bonchev–Trinajstić information content (AvgIpc) is 2.54. The van der Waals surface area contributed by atoms with E-state index in [1.54, 1.807) is 0 Å². The predicted octanol–water partition coefficient (Wildman–Crippen LogP) is 1.22. The molecule has 1 atom stereocenters. The number of hydrogen-bond acceptors (Lipinski definition) is 5. The summed E-state index contributed by atoms with van der Waals surface area (Å²) in [5.41, 5.74) is 0.108. The third-order valence-electron chi connectivity index (χ3n) is 3.30. The van der Waals surface area contributed by atoms with Crippen molar-refractivity contribution in [3.63, 3.8) is 0 Å². The Balaban J connectivity index is 2.26. The van der Waals surface area contributed by atoms with Crippen molar-refractivity contribution in [3.8, 4) is 11.5 Å². The van der Waals surface area contributed by atoms with Gasteiger partial charge in [-0.05, 0) is 18.2 Å². The first-order valence-electron chi connectivity index (χ1n) is 6.68. The van der Waals surface area contributed by atoms with Gasteiger partial charge in [0.2, 0.25) is 0 Å². The molecule has 0 radical (unpaired) electrons. The quantitative estimate of drug-likeness (QED) is 0.873. The maximum atomic E-state index is 12.5. The number of rotatable bonds is 5. The highest BCUT2D eigenvalue weighted by molar-refractivity contribution is 5.97. The van der Waals surface area contributed by atoms with Gasteiger partial charge in [0.05, 0.1) is 20.3 Å². The zero-order valence-electron chi connectivity index (χ0n) is 12.2. The zero-order chi connectivity index (χ0) is 17.0. The van der Waals surface area contributed by atoms with E-state index in [1.165, 1.54) is 25.3 Å². The Bertz CT molecular complexity index is 595. The molecule has 1 fully saturated rings. The Morgan fingerprint density at radius 1 is 1.39 bits per heavy atom. The summed E-state index contributed by atoms with van der Waals surface area (Å²) in [5.74, 6) is -1.99. The van der Waals surface area contributed by atoms with Gasteiger partial charge in [-0.3, -0.25) is 4.79 Å². The smallest absolute Gasteiger partial charge is 0.387 e. The number of hydrogen-bond donors (Lipinski definition) is 1. The van der Waals surface area contributed by atoms with Crippen LogP contribution in [0.2, 0.25) is 0 Å². The molecule has 0 saturated carbocycles. The van der Waals surface area contributed by atoms with E-state index in [0.717, 1.165) is 4.90 Å². The molecule has 0 spiro atoms. The molecule has 2 rings (SSSR count). The minimum absolute atomic E-state index is 0.0451. The highest BCUT2D eigenvalue weighted by atomic mass is 19.3. The van der Waals surface area contributed by atoms with Gasteiger partial charge in [-0.2, -0.15) is 8.78 Å². The summed E-state index contributed by atoms with van der Waals surface area (Å²) in [6.45, 7) is -2.79. The van der Waals surface area contributed by atoms with Crippen LogP contribution in [0, 0.1) is 0 Å². The second kappa shape index (κ2) is 7.23. The van der Waals surface area contributed by atoms with Gasteiger partial charge >= 0.3 is 12.6 Å². The Labute approximate surface area is 130 Å². The van der Waals surface area contributed by atoms with Gasteiger partial charge in [0, 0.05) is 12.1 Å². The molecule has 1 unspecified atom stereocenters. The molecule has 1 amide bonds. The van der Waals surface area contributed by atoms with Crippen LogP contribution in [-0.2, 0) is 9.53 Å². The molecule has 1 saturated heterocycles. The molecule has 1 aliphatic heterocycles. The van der Waals surface area contributed by atoms with Crippen molar-refractivity contribution in [3.05, 3.63) is 23.8 Å². The summed E-state index contributed by atoms with van der Waals surface area (Å²) in [6.07, 6.45) is 0. The second-order valence-corrected chi connectivity index (χ2v) is 4.67. The predicted molar refractivity (Wildman–Crippen MR) is 72.9 cm³/mol. The molecule has 7 nitrogen and oxygen atoms in total. The number of carbonyl (C=O) groups is 2. The maximum Gasteiger partial charge on any atom is 0.387 e. The summed E-state index contributed by atoms with van der Waals surface area (Å²) in [4.78, 5) is 24.8. The van der Waals surface area contributed by atoms with E-state index < -0.39 is 24.5 Å². The van der Waals surface area contributed by atoms with Crippen molar-refractivity contribution >= 4 is 11.9 Å². The van der Waals surface area contributed by atoms with Crippen LogP contribution in [0.5, 0.6) is 11.5 Å². The molecule has 1 heterocycles. The summed E-state index contributed by atoms with van der Waals surface area (Å²) in [6, 6.07) is 2.58. The Hall–Kier alpha value is -2.42. The zero-order valence-corrected chi connectivity index (χ0v) is 12.2. The standard InChI is InChI=1S/C14H15F2NO6/c1-21-11-6-8(2-3-10(11)23-14(15)16)12(18)17-4-5-22-7-9(17)13(19)20/h2-3,6,9,14H,4-5,7H2,1H3,(H,19,20). The first-order valence-corrected chi connectivity index (χ1v) is 6.68. The minimum Gasteiger partial charge on any atom is -0.493 e. The highest BCUT2D eigenvalue weighted by Crippen LogP contribution is 2.30. The highest BCUT2D eigenvalue weighted by Gasteiger charge is 2.33. The van der Waals surface area contributed by atoms with Crippen molar-refractivity contribution in [2.24, 2.45) is 0 Å². The summed E-state index contributed by atoms with van der Waals surface area (Å²) in [7, 11) is 1.25. The lowest BCUT2D eigenvalue weighted by atomic mass is 10.1. The number of carboxylic acids is 1. The number of ether oxygens (including phenoxy) is 3. The lowest BCUT2D eigenvalue weighted by molar-refractivity contribution is -0.147. The lowest BCUT2D eigenvalue weighted by Gasteiger charge is -2.33. The fourth-order valence-corrected chi connectivity index (χ4v) is 2.21. The van der Waals surface area contributed by atoms with Crippen molar-refractivity contribution in [2.45, 2.75) is 12.7 Å². The maximum absolute atomic E-state index is 12.5. The Morgan fingerprint density at radius 3 is 2.74 bits per heavy atom. The Morgan fingerprint density at radius 2 is 2.13 bits per heavy atom. The van der Waals surface area contributed by atoms with Crippen LogP contribution in [0.1, 0.15) is 10.4 Å². The summed E-state index contributed by atoms with van der Waals surface area (Å²) in [5, 5.41) is 9.15. The van der Waals surface area contributed by atoms with E-state index in [1.807, 2.05) is 0 Å². The number of methoxy groups -OCH3 is 1. The van der Waals surface area contributed by atoms with Gasteiger partial charge in [-0.25, -0.2) is 4.79 Å².